The predicted molar refractivity (Wildman–Crippen MR) is 144 cm³/mol. The third kappa shape index (κ3) is 6.02. The number of methoxy groups -OCH3 is 4. The molecular weight excluding hydrogens is 776 g/mol. The van der Waals surface area contributed by atoms with E-state index in [2.05, 4.69) is 41.4 Å². The minimum atomic E-state index is 0. The van der Waals surface area contributed by atoms with Crippen LogP contribution in [0.25, 0.3) is 0 Å². The number of halogens is 1. The van der Waals surface area contributed by atoms with Crippen LogP contribution in [0.3, 0.4) is 0 Å². The maximum Gasteiger partial charge on any atom is 3.00 e. The summed E-state index contributed by atoms with van der Waals surface area (Å²) < 4.78 is 22.5. The monoisotopic (exact) mass is 816 g/mol. The van der Waals surface area contributed by atoms with E-state index < -0.39 is 0 Å². The number of hydrogen-bond acceptors (Lipinski definition) is 6. The Hall–Kier alpha value is -0.827. The summed E-state index contributed by atoms with van der Waals surface area (Å²) in [5.41, 5.74) is 5.60. The van der Waals surface area contributed by atoms with Gasteiger partial charge in [0.1, 0.15) is 0 Å². The predicted octanol–water partition coefficient (Wildman–Crippen LogP) is 1.57. The number of ether oxygens (including phenoxy) is 4. The van der Waals surface area contributed by atoms with Gasteiger partial charge >= 0.3 is 26.2 Å². The van der Waals surface area contributed by atoms with Crippen molar-refractivity contribution in [2.45, 2.75) is 51.1 Å². The van der Waals surface area contributed by atoms with E-state index in [0.717, 1.165) is 55.4 Å². The Morgan fingerprint density at radius 1 is 0.811 bits per heavy atom. The van der Waals surface area contributed by atoms with Crippen LogP contribution in [-0.4, -0.2) is 79.2 Å². The van der Waals surface area contributed by atoms with Crippen LogP contribution in [0, 0.1) is 11.8 Å². The van der Waals surface area contributed by atoms with Crippen LogP contribution in [0.15, 0.2) is 24.3 Å². The minimum Gasteiger partial charge on any atom is -1.00 e. The summed E-state index contributed by atoms with van der Waals surface area (Å²) >= 11 is 0. The number of nitrogens with one attached hydrogen (secondary N) is 1. The number of rotatable bonds is 7. The molecular formula is C29H40BiIN2O4+2. The van der Waals surface area contributed by atoms with Crippen LogP contribution >= 0.6 is 0 Å². The number of benzene rings is 2. The second kappa shape index (κ2) is 13.5. The van der Waals surface area contributed by atoms with Gasteiger partial charge in [-0.3, -0.25) is 4.90 Å². The summed E-state index contributed by atoms with van der Waals surface area (Å²) in [7, 11) is 6.90. The fourth-order valence-corrected chi connectivity index (χ4v) is 6.74. The summed E-state index contributed by atoms with van der Waals surface area (Å²) in [4.78, 5) is 2.72. The Kier molecular flexibility index (Phi) is 11.2. The Labute approximate surface area is 258 Å². The van der Waals surface area contributed by atoms with Crippen LogP contribution in [0.4, 0.5) is 0 Å². The SMILES string of the molecule is CC[C@H]1CN2CCc3cc(OC)c(OC)cc3[C@@H]2C[C@@H]1C[C@H]1NCCc2cc(OC)c(OC)cc21.[Bi+3].[I-]. The Bertz CT molecular complexity index is 1070. The van der Waals surface area contributed by atoms with Crippen LogP contribution < -0.4 is 48.2 Å². The van der Waals surface area contributed by atoms with Gasteiger partial charge in [0.25, 0.3) is 0 Å². The number of nitrogens with zero attached hydrogens (tertiary/aromatic N) is 1. The molecule has 0 bridgehead atoms. The molecule has 5 rings (SSSR count). The van der Waals surface area contributed by atoms with E-state index in [4.69, 9.17) is 18.9 Å². The van der Waals surface area contributed by atoms with Gasteiger partial charge in [0.05, 0.1) is 28.4 Å². The van der Waals surface area contributed by atoms with Crippen molar-refractivity contribution in [3.63, 3.8) is 0 Å². The molecule has 200 valence electrons. The van der Waals surface area contributed by atoms with Crippen molar-refractivity contribution in [2.24, 2.45) is 11.8 Å². The molecule has 6 nitrogen and oxygen atoms in total. The van der Waals surface area contributed by atoms with Crippen molar-refractivity contribution in [3.8, 4) is 23.0 Å². The molecule has 0 saturated carbocycles. The molecule has 0 unspecified atom stereocenters. The zero-order valence-corrected chi connectivity index (χ0v) is 28.3. The van der Waals surface area contributed by atoms with E-state index in [1.54, 1.807) is 28.4 Å². The molecule has 2 radical (unpaired) electrons. The number of hydrogen-bond donors (Lipinski definition) is 1. The van der Waals surface area contributed by atoms with Gasteiger partial charge in [-0.2, -0.15) is 0 Å². The molecule has 3 aliphatic rings. The number of piperidine rings is 1. The second-order valence-electron chi connectivity index (χ2n) is 10.2. The topological polar surface area (TPSA) is 52.2 Å². The second-order valence-corrected chi connectivity index (χ2v) is 10.2. The van der Waals surface area contributed by atoms with Gasteiger partial charge in [-0.1, -0.05) is 13.3 Å². The van der Waals surface area contributed by atoms with Gasteiger partial charge in [-0.15, -0.1) is 0 Å². The van der Waals surface area contributed by atoms with Crippen molar-refractivity contribution in [1.29, 1.82) is 0 Å². The van der Waals surface area contributed by atoms with E-state index in [0.29, 0.717) is 23.9 Å². The van der Waals surface area contributed by atoms with Crippen molar-refractivity contribution < 1.29 is 42.9 Å². The van der Waals surface area contributed by atoms with Gasteiger partial charge < -0.3 is 48.2 Å². The van der Waals surface area contributed by atoms with Crippen molar-refractivity contribution in [1.82, 2.24) is 10.2 Å². The van der Waals surface area contributed by atoms with Crippen molar-refractivity contribution >= 4 is 26.2 Å². The summed E-state index contributed by atoms with van der Waals surface area (Å²) in [5, 5.41) is 3.83. The fraction of sp³-hybridized carbons (Fsp3) is 0.586. The molecule has 1 fully saturated rings. The minimum absolute atomic E-state index is 0. The van der Waals surface area contributed by atoms with Gasteiger partial charge in [-0.05, 0) is 90.6 Å². The summed E-state index contributed by atoms with van der Waals surface area (Å²) in [6.45, 7) is 5.66. The maximum atomic E-state index is 5.68. The van der Waals surface area contributed by atoms with Gasteiger partial charge in [0.15, 0.2) is 23.0 Å². The van der Waals surface area contributed by atoms with E-state index in [-0.39, 0.29) is 50.2 Å². The first-order valence-corrected chi connectivity index (χ1v) is 13.1. The summed E-state index contributed by atoms with van der Waals surface area (Å²) in [5.74, 6) is 4.69. The molecule has 8 heteroatoms. The van der Waals surface area contributed by atoms with Crippen LogP contribution in [-0.2, 0) is 12.8 Å². The maximum absolute atomic E-state index is 5.68. The first-order valence-electron chi connectivity index (χ1n) is 13.1. The third-order valence-electron chi connectivity index (χ3n) is 8.64. The molecule has 3 heterocycles. The molecule has 1 N–H and O–H groups in total. The Morgan fingerprint density at radius 3 is 1.97 bits per heavy atom. The first-order chi connectivity index (χ1) is 17.1. The average Bonchev–Trinajstić information content (AvgIpc) is 2.91. The third-order valence-corrected chi connectivity index (χ3v) is 8.64. The molecule has 0 aromatic heterocycles. The quantitative estimate of drug-likeness (QED) is 0.339. The molecule has 37 heavy (non-hydrogen) atoms. The van der Waals surface area contributed by atoms with Crippen LogP contribution in [0.1, 0.15) is 60.5 Å². The van der Waals surface area contributed by atoms with E-state index in [9.17, 15) is 0 Å². The van der Waals surface area contributed by atoms with Crippen LogP contribution in [0.5, 0.6) is 23.0 Å². The average molecular weight is 817 g/mol. The van der Waals surface area contributed by atoms with Gasteiger partial charge in [-0.25, -0.2) is 0 Å². The van der Waals surface area contributed by atoms with Crippen molar-refractivity contribution in [2.75, 3.05) is 48.1 Å². The van der Waals surface area contributed by atoms with Crippen LogP contribution in [0.2, 0.25) is 0 Å². The molecule has 4 atom stereocenters. The van der Waals surface area contributed by atoms with Crippen molar-refractivity contribution in [3.05, 3.63) is 46.5 Å². The molecule has 0 spiro atoms. The smallest absolute Gasteiger partial charge is 1.00 e. The summed E-state index contributed by atoms with van der Waals surface area (Å²) in [6, 6.07) is 9.61. The molecule has 2 aromatic carbocycles. The standard InChI is InChI=1S/C29H40N2O4.Bi.HI/c1-6-18-17-31-10-8-20-14-27(33-3)29(35-5)16-23(20)25(31)12-21(18)11-24-22-15-28(34-4)26(32-2)13-19(22)7-9-30-24;;/h13-16,18,21,24-25,30H,6-12,17H2,1-5H3;;1H/q;+3;/p-1/t18-,21-,24+,25-;;/m0../s1. The molecule has 2 aromatic rings. The van der Waals surface area contributed by atoms with Gasteiger partial charge in [0.2, 0.25) is 0 Å². The largest absolute Gasteiger partial charge is 3.00 e. The fourth-order valence-electron chi connectivity index (χ4n) is 6.74. The molecule has 1 saturated heterocycles. The summed E-state index contributed by atoms with van der Waals surface area (Å²) in [6.07, 6.45) is 5.65. The Morgan fingerprint density at radius 2 is 1.38 bits per heavy atom. The van der Waals surface area contributed by atoms with E-state index >= 15 is 0 Å². The van der Waals surface area contributed by atoms with Gasteiger partial charge in [0, 0.05) is 25.2 Å². The first kappa shape index (κ1) is 30.7. The van der Waals surface area contributed by atoms with E-state index in [1.807, 2.05) is 0 Å². The zero-order chi connectivity index (χ0) is 24.5. The normalized spacial score (nSPS) is 24.4. The van der Waals surface area contributed by atoms with E-state index in [1.165, 1.54) is 41.6 Å². The molecule has 3 aliphatic heterocycles. The Balaban J connectivity index is 0.00000190. The molecule has 0 amide bonds. The molecule has 0 aliphatic carbocycles. The number of fused-ring (bicyclic) bond motifs is 4. The zero-order valence-electron chi connectivity index (χ0n) is 22.7.